The summed E-state index contributed by atoms with van der Waals surface area (Å²) in [7, 11) is 3.53. The standard InChI is InChI=1S/C26H31NO2/c1-28-22-10-6-9-20(16-22)11-12-24-21(15-19-7-4-3-5-8-19)13-14-26(27)18-23(29-2)17-25(24)26/h3-10,13,16,23H,11-12,14-15,17-18,27H2,1-2H3/t23-,26+/m0/s1. The van der Waals surface area contributed by atoms with E-state index < -0.39 is 0 Å². The first-order valence-electron chi connectivity index (χ1n) is 10.5. The van der Waals surface area contributed by atoms with Crippen molar-refractivity contribution in [3.8, 4) is 5.75 Å². The maximum Gasteiger partial charge on any atom is 0.119 e. The topological polar surface area (TPSA) is 44.5 Å². The maximum atomic E-state index is 6.89. The van der Waals surface area contributed by atoms with Crippen molar-refractivity contribution in [3.05, 3.63) is 88.5 Å². The van der Waals surface area contributed by atoms with Crippen LogP contribution in [0.5, 0.6) is 5.75 Å². The zero-order valence-electron chi connectivity index (χ0n) is 17.5. The van der Waals surface area contributed by atoms with Crippen molar-refractivity contribution >= 4 is 0 Å². The highest BCUT2D eigenvalue weighted by atomic mass is 16.5. The molecule has 0 bridgehead atoms. The number of ether oxygens (including phenoxy) is 2. The lowest BCUT2D eigenvalue weighted by atomic mass is 9.76. The van der Waals surface area contributed by atoms with E-state index in [0.29, 0.717) is 0 Å². The second-order valence-electron chi connectivity index (χ2n) is 8.33. The zero-order valence-corrected chi connectivity index (χ0v) is 17.5. The van der Waals surface area contributed by atoms with Gasteiger partial charge in [0.1, 0.15) is 5.75 Å². The first-order valence-corrected chi connectivity index (χ1v) is 10.5. The van der Waals surface area contributed by atoms with E-state index in [1.165, 1.54) is 27.8 Å². The van der Waals surface area contributed by atoms with Crippen LogP contribution in [0.2, 0.25) is 0 Å². The minimum absolute atomic E-state index is 0.228. The van der Waals surface area contributed by atoms with Crippen LogP contribution in [-0.4, -0.2) is 25.9 Å². The number of hydrogen-bond donors (Lipinski definition) is 1. The van der Waals surface area contributed by atoms with Gasteiger partial charge in [0, 0.05) is 12.6 Å². The van der Waals surface area contributed by atoms with Gasteiger partial charge in [-0.05, 0) is 78.5 Å². The van der Waals surface area contributed by atoms with Gasteiger partial charge in [-0.25, -0.2) is 0 Å². The van der Waals surface area contributed by atoms with E-state index in [1.807, 2.05) is 6.07 Å². The van der Waals surface area contributed by atoms with E-state index in [2.05, 4.69) is 54.6 Å². The van der Waals surface area contributed by atoms with E-state index in [4.69, 9.17) is 15.2 Å². The summed E-state index contributed by atoms with van der Waals surface area (Å²) in [5, 5.41) is 0. The van der Waals surface area contributed by atoms with Gasteiger partial charge in [0.2, 0.25) is 0 Å². The van der Waals surface area contributed by atoms with Crippen LogP contribution in [0.4, 0.5) is 0 Å². The number of rotatable bonds is 7. The molecule has 1 saturated carbocycles. The summed E-state index contributed by atoms with van der Waals surface area (Å²) in [4.78, 5) is 0. The Bertz CT molecular complexity index is 915. The highest BCUT2D eigenvalue weighted by Crippen LogP contribution is 2.45. The molecule has 2 atom stereocenters. The van der Waals surface area contributed by atoms with Crippen LogP contribution >= 0.6 is 0 Å². The molecule has 2 aromatic rings. The van der Waals surface area contributed by atoms with Crippen molar-refractivity contribution in [2.45, 2.75) is 50.2 Å². The molecule has 0 heterocycles. The Hall–Kier alpha value is -2.36. The molecule has 1 fully saturated rings. The molecule has 0 unspecified atom stereocenters. The Morgan fingerprint density at radius 2 is 1.79 bits per heavy atom. The van der Waals surface area contributed by atoms with Gasteiger partial charge in [0.15, 0.2) is 0 Å². The molecule has 4 rings (SSSR count). The number of aryl methyl sites for hydroxylation is 1. The molecule has 0 aromatic heterocycles. The third-order valence-corrected chi connectivity index (χ3v) is 6.46. The second kappa shape index (κ2) is 8.56. The average molecular weight is 390 g/mol. The maximum absolute atomic E-state index is 6.89. The zero-order chi connectivity index (χ0) is 20.3. The van der Waals surface area contributed by atoms with Crippen molar-refractivity contribution in [2.24, 2.45) is 5.73 Å². The van der Waals surface area contributed by atoms with Crippen LogP contribution in [0.25, 0.3) is 0 Å². The molecule has 2 aliphatic carbocycles. The largest absolute Gasteiger partial charge is 0.497 e. The summed E-state index contributed by atoms with van der Waals surface area (Å²) < 4.78 is 11.1. The van der Waals surface area contributed by atoms with E-state index >= 15 is 0 Å². The Morgan fingerprint density at radius 3 is 2.55 bits per heavy atom. The normalized spacial score (nSPS) is 23.7. The van der Waals surface area contributed by atoms with Crippen LogP contribution in [0.3, 0.4) is 0 Å². The van der Waals surface area contributed by atoms with Gasteiger partial charge in [0.25, 0.3) is 0 Å². The Morgan fingerprint density at radius 1 is 1.00 bits per heavy atom. The van der Waals surface area contributed by atoms with Crippen LogP contribution in [-0.2, 0) is 17.6 Å². The lowest BCUT2D eigenvalue weighted by molar-refractivity contribution is 0.104. The monoisotopic (exact) mass is 389 g/mol. The smallest absolute Gasteiger partial charge is 0.119 e. The van der Waals surface area contributed by atoms with Crippen molar-refractivity contribution in [2.75, 3.05) is 14.2 Å². The molecule has 3 heteroatoms. The molecule has 0 spiro atoms. The van der Waals surface area contributed by atoms with Crippen molar-refractivity contribution in [1.29, 1.82) is 0 Å². The van der Waals surface area contributed by atoms with Gasteiger partial charge < -0.3 is 15.2 Å². The van der Waals surface area contributed by atoms with E-state index in [-0.39, 0.29) is 11.6 Å². The van der Waals surface area contributed by atoms with E-state index in [1.54, 1.807) is 14.2 Å². The first-order chi connectivity index (χ1) is 14.1. The molecule has 3 nitrogen and oxygen atoms in total. The van der Waals surface area contributed by atoms with Gasteiger partial charge in [-0.1, -0.05) is 48.5 Å². The summed E-state index contributed by atoms with van der Waals surface area (Å²) in [5.41, 5.74) is 13.6. The lowest BCUT2D eigenvalue weighted by Gasteiger charge is -2.33. The Balaban J connectivity index is 1.63. The molecule has 2 aromatic carbocycles. The van der Waals surface area contributed by atoms with Gasteiger partial charge in [-0.3, -0.25) is 0 Å². The van der Waals surface area contributed by atoms with E-state index in [9.17, 15) is 0 Å². The van der Waals surface area contributed by atoms with Gasteiger partial charge in [0.05, 0.1) is 13.2 Å². The predicted molar refractivity (Wildman–Crippen MR) is 118 cm³/mol. The SMILES string of the molecule is COc1cccc(CCC2=C3C[C@H](OC)C[C@]3(N)CC=C2Cc2ccccc2)c1. The van der Waals surface area contributed by atoms with Gasteiger partial charge >= 0.3 is 0 Å². The molecular weight excluding hydrogens is 358 g/mol. The Kier molecular flexibility index (Phi) is 5.89. The summed E-state index contributed by atoms with van der Waals surface area (Å²) in [6, 6.07) is 19.1. The second-order valence-corrected chi connectivity index (χ2v) is 8.33. The summed E-state index contributed by atoms with van der Waals surface area (Å²) in [5.74, 6) is 0.914. The Labute approximate surface area is 174 Å². The molecule has 29 heavy (non-hydrogen) atoms. The van der Waals surface area contributed by atoms with Crippen LogP contribution < -0.4 is 10.5 Å². The van der Waals surface area contributed by atoms with Gasteiger partial charge in [-0.2, -0.15) is 0 Å². The van der Waals surface area contributed by atoms with Crippen LogP contribution in [0.1, 0.15) is 36.8 Å². The summed E-state index contributed by atoms with van der Waals surface area (Å²) in [6.45, 7) is 0. The molecule has 0 amide bonds. The van der Waals surface area contributed by atoms with Gasteiger partial charge in [-0.15, -0.1) is 0 Å². The molecule has 2 N–H and O–H groups in total. The third kappa shape index (κ3) is 4.31. The number of hydrogen-bond acceptors (Lipinski definition) is 3. The molecular formula is C26H31NO2. The third-order valence-electron chi connectivity index (χ3n) is 6.46. The minimum Gasteiger partial charge on any atom is -0.497 e. The van der Waals surface area contributed by atoms with Crippen LogP contribution in [0.15, 0.2) is 77.4 Å². The summed E-state index contributed by atoms with van der Waals surface area (Å²) in [6.07, 6.45) is 8.33. The molecule has 0 radical (unpaired) electrons. The number of benzene rings is 2. The predicted octanol–water partition coefficient (Wildman–Crippen LogP) is 5.00. The number of nitrogens with two attached hydrogens (primary N) is 1. The number of fused-ring (bicyclic) bond motifs is 1. The molecule has 0 saturated heterocycles. The highest BCUT2D eigenvalue weighted by molar-refractivity contribution is 5.49. The highest BCUT2D eigenvalue weighted by Gasteiger charge is 2.43. The molecule has 2 aliphatic rings. The average Bonchev–Trinajstić information content (AvgIpc) is 3.11. The fourth-order valence-corrected chi connectivity index (χ4v) is 4.86. The minimum atomic E-state index is -0.245. The number of allylic oxidation sites excluding steroid dienone is 2. The number of methoxy groups -OCH3 is 2. The molecule has 0 aliphatic heterocycles. The molecule has 152 valence electrons. The quantitative estimate of drug-likeness (QED) is 0.724. The fraction of sp³-hybridized carbons (Fsp3) is 0.385. The summed E-state index contributed by atoms with van der Waals surface area (Å²) >= 11 is 0. The van der Waals surface area contributed by atoms with Crippen LogP contribution in [0, 0.1) is 0 Å². The first kappa shape index (κ1) is 19.9. The van der Waals surface area contributed by atoms with Crippen molar-refractivity contribution in [3.63, 3.8) is 0 Å². The van der Waals surface area contributed by atoms with E-state index in [0.717, 1.165) is 44.3 Å². The van der Waals surface area contributed by atoms with Crippen molar-refractivity contribution in [1.82, 2.24) is 0 Å². The fourth-order valence-electron chi connectivity index (χ4n) is 4.86. The lowest BCUT2D eigenvalue weighted by Crippen LogP contribution is -2.41. The van der Waals surface area contributed by atoms with Crippen molar-refractivity contribution < 1.29 is 9.47 Å².